The smallest absolute Gasteiger partial charge is 0.331 e. The predicted molar refractivity (Wildman–Crippen MR) is 77.4 cm³/mol. The number of carbonyl (C=O) groups excluding carboxylic acids is 2. The molecule has 0 fully saturated rings. The number of carbonyl (C=O) groups is 2. The van der Waals surface area contributed by atoms with E-state index in [1.807, 2.05) is 5.38 Å². The molecule has 2 rings (SSSR count). The Labute approximate surface area is 123 Å². The van der Waals surface area contributed by atoms with Crippen molar-refractivity contribution in [3.63, 3.8) is 0 Å². The fraction of sp³-hybridized carbons (Fsp3) is 0.167. The number of amides is 1. The first-order chi connectivity index (χ1) is 9.63. The van der Waals surface area contributed by atoms with Crippen LogP contribution in [0.15, 0.2) is 23.0 Å². The number of anilines is 1. The van der Waals surface area contributed by atoms with Gasteiger partial charge in [0.05, 0.1) is 5.69 Å². The van der Waals surface area contributed by atoms with Crippen molar-refractivity contribution in [2.75, 3.05) is 5.32 Å². The van der Waals surface area contributed by atoms with E-state index in [1.54, 1.807) is 17.7 Å². The molecule has 104 valence electrons. The SMILES string of the molecule is CC(=O)Nc1nc(COC(=O)/C=C/c2nccs2)cs1. The van der Waals surface area contributed by atoms with Gasteiger partial charge in [-0.3, -0.25) is 4.79 Å². The van der Waals surface area contributed by atoms with Gasteiger partial charge in [-0.05, 0) is 6.08 Å². The molecule has 1 amide bonds. The van der Waals surface area contributed by atoms with Crippen molar-refractivity contribution in [3.8, 4) is 0 Å². The van der Waals surface area contributed by atoms with E-state index in [4.69, 9.17) is 4.74 Å². The molecule has 0 saturated heterocycles. The Bertz CT molecular complexity index is 620. The standard InChI is InChI=1S/C12H11N3O3S2/c1-8(16)14-12-15-9(7-20-12)6-18-11(17)3-2-10-13-4-5-19-10/h2-5,7H,6H2,1H3,(H,14,15,16)/b3-2+. The Kier molecular flexibility index (Phi) is 4.97. The number of ether oxygens (including phenoxy) is 1. The molecule has 1 N–H and O–H groups in total. The van der Waals surface area contributed by atoms with Gasteiger partial charge in [0, 0.05) is 30.0 Å². The van der Waals surface area contributed by atoms with Crippen molar-refractivity contribution in [1.29, 1.82) is 0 Å². The van der Waals surface area contributed by atoms with Crippen molar-refractivity contribution in [3.05, 3.63) is 33.7 Å². The van der Waals surface area contributed by atoms with Gasteiger partial charge in [-0.15, -0.1) is 22.7 Å². The lowest BCUT2D eigenvalue weighted by molar-refractivity contribution is -0.139. The Morgan fingerprint density at radius 3 is 3.00 bits per heavy atom. The molecule has 0 saturated carbocycles. The average Bonchev–Trinajstić information content (AvgIpc) is 3.04. The molecule has 2 heterocycles. The monoisotopic (exact) mass is 309 g/mol. The molecule has 0 aromatic carbocycles. The third kappa shape index (κ3) is 4.56. The van der Waals surface area contributed by atoms with Gasteiger partial charge in [-0.1, -0.05) is 0 Å². The van der Waals surface area contributed by atoms with Crippen LogP contribution in [0.2, 0.25) is 0 Å². The second-order valence-electron chi connectivity index (χ2n) is 3.64. The first-order valence-electron chi connectivity index (χ1n) is 5.60. The molecule has 0 aliphatic heterocycles. The van der Waals surface area contributed by atoms with E-state index in [1.165, 1.54) is 35.7 Å². The minimum absolute atomic E-state index is 0.0666. The van der Waals surface area contributed by atoms with Crippen LogP contribution in [-0.2, 0) is 20.9 Å². The van der Waals surface area contributed by atoms with E-state index in [0.29, 0.717) is 10.8 Å². The summed E-state index contributed by atoms with van der Waals surface area (Å²) in [7, 11) is 0. The Balaban J connectivity index is 1.81. The highest BCUT2D eigenvalue weighted by Gasteiger charge is 2.05. The highest BCUT2D eigenvalue weighted by Crippen LogP contribution is 2.16. The molecule has 0 radical (unpaired) electrons. The van der Waals surface area contributed by atoms with E-state index in [9.17, 15) is 9.59 Å². The second kappa shape index (κ2) is 6.92. The van der Waals surface area contributed by atoms with Crippen LogP contribution in [0.1, 0.15) is 17.6 Å². The van der Waals surface area contributed by atoms with Crippen LogP contribution in [0.3, 0.4) is 0 Å². The van der Waals surface area contributed by atoms with E-state index in [0.717, 1.165) is 5.01 Å². The van der Waals surface area contributed by atoms with Gasteiger partial charge in [0.15, 0.2) is 5.13 Å². The van der Waals surface area contributed by atoms with Crippen LogP contribution in [0.5, 0.6) is 0 Å². The molecule has 0 spiro atoms. The zero-order valence-corrected chi connectivity index (χ0v) is 12.2. The normalized spacial score (nSPS) is 10.7. The summed E-state index contributed by atoms with van der Waals surface area (Å²) in [6, 6.07) is 0. The number of nitrogens with zero attached hydrogens (tertiary/aromatic N) is 2. The van der Waals surface area contributed by atoms with Crippen LogP contribution in [0, 0.1) is 0 Å². The van der Waals surface area contributed by atoms with E-state index in [-0.39, 0.29) is 12.5 Å². The zero-order valence-electron chi connectivity index (χ0n) is 10.5. The van der Waals surface area contributed by atoms with Crippen molar-refractivity contribution in [2.24, 2.45) is 0 Å². The molecule has 2 aromatic heterocycles. The van der Waals surface area contributed by atoms with Crippen LogP contribution in [0.25, 0.3) is 6.08 Å². The van der Waals surface area contributed by atoms with Crippen molar-refractivity contribution in [2.45, 2.75) is 13.5 Å². The van der Waals surface area contributed by atoms with Crippen molar-refractivity contribution in [1.82, 2.24) is 9.97 Å². The Morgan fingerprint density at radius 1 is 1.45 bits per heavy atom. The van der Waals surface area contributed by atoms with Crippen molar-refractivity contribution < 1.29 is 14.3 Å². The average molecular weight is 309 g/mol. The van der Waals surface area contributed by atoms with Crippen LogP contribution < -0.4 is 5.32 Å². The van der Waals surface area contributed by atoms with Gasteiger partial charge in [0.1, 0.15) is 11.6 Å². The number of rotatable bonds is 5. The first-order valence-corrected chi connectivity index (χ1v) is 7.36. The third-order valence-corrected chi connectivity index (χ3v) is 3.56. The van der Waals surface area contributed by atoms with E-state index < -0.39 is 5.97 Å². The third-order valence-electron chi connectivity index (χ3n) is 2.01. The van der Waals surface area contributed by atoms with Gasteiger partial charge in [-0.25, -0.2) is 14.8 Å². The molecule has 2 aromatic rings. The fourth-order valence-corrected chi connectivity index (χ4v) is 2.50. The summed E-state index contributed by atoms with van der Waals surface area (Å²) < 4.78 is 5.03. The summed E-state index contributed by atoms with van der Waals surface area (Å²) >= 11 is 2.71. The maximum Gasteiger partial charge on any atom is 0.331 e. The minimum Gasteiger partial charge on any atom is -0.456 e. The molecule has 0 bridgehead atoms. The molecule has 8 heteroatoms. The van der Waals surface area contributed by atoms with Gasteiger partial charge in [0.2, 0.25) is 5.91 Å². The van der Waals surface area contributed by atoms with Gasteiger partial charge >= 0.3 is 5.97 Å². The summed E-state index contributed by atoms with van der Waals surface area (Å²) in [5, 5.41) is 7.34. The number of thiazole rings is 2. The topological polar surface area (TPSA) is 81.2 Å². The molecule has 6 nitrogen and oxygen atoms in total. The largest absolute Gasteiger partial charge is 0.456 e. The number of nitrogens with one attached hydrogen (secondary N) is 1. The maximum absolute atomic E-state index is 11.5. The van der Waals surface area contributed by atoms with Crippen LogP contribution in [0.4, 0.5) is 5.13 Å². The Hall–Kier alpha value is -2.06. The quantitative estimate of drug-likeness (QED) is 0.677. The van der Waals surface area contributed by atoms with Gasteiger partial charge < -0.3 is 10.1 Å². The fourth-order valence-electron chi connectivity index (χ4n) is 1.23. The lowest BCUT2D eigenvalue weighted by Gasteiger charge is -1.98. The molecular formula is C12H11N3O3S2. The summed E-state index contributed by atoms with van der Waals surface area (Å²) in [5.74, 6) is -0.649. The van der Waals surface area contributed by atoms with E-state index in [2.05, 4.69) is 15.3 Å². The minimum atomic E-state index is -0.464. The van der Waals surface area contributed by atoms with E-state index >= 15 is 0 Å². The molecular weight excluding hydrogens is 298 g/mol. The first kappa shape index (κ1) is 14.4. The number of hydrogen-bond donors (Lipinski definition) is 1. The molecule has 0 aliphatic rings. The highest BCUT2D eigenvalue weighted by atomic mass is 32.1. The maximum atomic E-state index is 11.5. The predicted octanol–water partition coefficient (Wildman–Crippen LogP) is 2.31. The molecule has 0 unspecified atom stereocenters. The van der Waals surface area contributed by atoms with Crippen molar-refractivity contribution >= 4 is 45.8 Å². The lowest BCUT2D eigenvalue weighted by atomic mass is 10.5. The van der Waals surface area contributed by atoms with Gasteiger partial charge in [0.25, 0.3) is 0 Å². The summed E-state index contributed by atoms with van der Waals surface area (Å²) in [6.07, 6.45) is 4.57. The van der Waals surface area contributed by atoms with Crippen LogP contribution >= 0.6 is 22.7 Å². The highest BCUT2D eigenvalue weighted by molar-refractivity contribution is 7.13. The summed E-state index contributed by atoms with van der Waals surface area (Å²) in [6.45, 7) is 1.47. The number of hydrogen-bond acceptors (Lipinski definition) is 7. The van der Waals surface area contributed by atoms with Gasteiger partial charge in [-0.2, -0.15) is 0 Å². The molecule has 0 aliphatic carbocycles. The van der Waals surface area contributed by atoms with Crippen LogP contribution in [-0.4, -0.2) is 21.8 Å². The number of esters is 1. The lowest BCUT2D eigenvalue weighted by Crippen LogP contribution is -2.06. The summed E-state index contributed by atoms with van der Waals surface area (Å²) in [4.78, 5) is 30.4. The zero-order chi connectivity index (χ0) is 14.4. The Morgan fingerprint density at radius 2 is 2.30 bits per heavy atom. The number of aromatic nitrogens is 2. The molecule has 0 atom stereocenters. The summed E-state index contributed by atoms with van der Waals surface area (Å²) in [5.41, 5.74) is 0.592. The second-order valence-corrected chi connectivity index (χ2v) is 5.42. The molecule has 20 heavy (non-hydrogen) atoms.